The average Bonchev–Trinajstić information content (AvgIpc) is 3.16. The summed E-state index contributed by atoms with van der Waals surface area (Å²) >= 11 is 0. The molecule has 0 spiro atoms. The number of nitrogens with one attached hydrogen (secondary N) is 1. The van der Waals surface area contributed by atoms with Gasteiger partial charge in [-0.25, -0.2) is 13.6 Å². The minimum atomic E-state index is -0.980. The van der Waals surface area contributed by atoms with E-state index in [-0.39, 0.29) is 48.1 Å². The summed E-state index contributed by atoms with van der Waals surface area (Å²) in [6, 6.07) is 2.66. The highest BCUT2D eigenvalue weighted by molar-refractivity contribution is 5.86. The Bertz CT molecular complexity index is 1020. The van der Waals surface area contributed by atoms with Crippen LogP contribution in [0.3, 0.4) is 0 Å². The van der Waals surface area contributed by atoms with Crippen LogP contribution in [0.25, 0.3) is 0 Å². The second-order valence-electron chi connectivity index (χ2n) is 12.4. The lowest BCUT2D eigenvalue weighted by Crippen LogP contribution is -2.50. The summed E-state index contributed by atoms with van der Waals surface area (Å²) in [5.41, 5.74) is 0.182. The number of esters is 1. The van der Waals surface area contributed by atoms with Gasteiger partial charge in [-0.05, 0) is 74.7 Å². The van der Waals surface area contributed by atoms with Crippen LogP contribution in [0.5, 0.6) is 0 Å². The number of ether oxygens (including phenoxy) is 1. The van der Waals surface area contributed by atoms with Crippen molar-refractivity contribution < 1.29 is 27.9 Å². The summed E-state index contributed by atoms with van der Waals surface area (Å²) in [6.45, 7) is 4.07. The van der Waals surface area contributed by atoms with Crippen molar-refractivity contribution >= 4 is 17.8 Å². The van der Waals surface area contributed by atoms with Gasteiger partial charge in [-0.15, -0.1) is 0 Å². The third-order valence-electron chi connectivity index (χ3n) is 9.17. The Morgan fingerprint density at radius 2 is 1.76 bits per heavy atom. The van der Waals surface area contributed by atoms with Gasteiger partial charge >= 0.3 is 5.97 Å². The summed E-state index contributed by atoms with van der Waals surface area (Å²) < 4.78 is 33.7. The lowest BCUT2D eigenvalue weighted by Gasteiger charge is -2.56. The Kier molecular flexibility index (Phi) is 7.29. The minimum absolute atomic E-state index is 0.00580. The third kappa shape index (κ3) is 5.53. The van der Waals surface area contributed by atoms with Crippen molar-refractivity contribution in [3.63, 3.8) is 0 Å². The maximum atomic E-state index is 14.2. The quantitative estimate of drug-likeness (QED) is 0.481. The molecule has 2 amide bonds. The highest BCUT2D eigenvalue weighted by Crippen LogP contribution is 2.60. The molecule has 0 radical (unpaired) electrons. The van der Waals surface area contributed by atoms with Gasteiger partial charge in [0.15, 0.2) is 11.6 Å². The Balaban J connectivity index is 1.17. The summed E-state index contributed by atoms with van der Waals surface area (Å²) in [5.74, 6) is -0.754. The fourth-order valence-electron chi connectivity index (χ4n) is 7.80. The number of carbonyl (C=O) groups excluding carboxylic acids is 3. The first kappa shape index (κ1) is 26.1. The van der Waals surface area contributed by atoms with Crippen LogP contribution >= 0.6 is 0 Å². The molecule has 1 heterocycles. The summed E-state index contributed by atoms with van der Waals surface area (Å²) in [5, 5.41) is 2.84. The first-order valence-corrected chi connectivity index (χ1v) is 13.8. The lowest BCUT2D eigenvalue weighted by molar-refractivity contribution is -0.160. The van der Waals surface area contributed by atoms with Gasteiger partial charge in [0, 0.05) is 36.4 Å². The van der Waals surface area contributed by atoms with Gasteiger partial charge in [0.25, 0.3) is 0 Å². The van der Waals surface area contributed by atoms with Crippen LogP contribution in [0.1, 0.15) is 77.2 Å². The van der Waals surface area contributed by atoms with Crippen LogP contribution in [0.2, 0.25) is 0 Å². The van der Waals surface area contributed by atoms with E-state index in [1.165, 1.54) is 36.3 Å². The Hall–Kier alpha value is -2.51. The van der Waals surface area contributed by atoms with E-state index in [0.717, 1.165) is 43.1 Å². The number of rotatable bonds is 9. The number of amides is 2. The van der Waals surface area contributed by atoms with Crippen LogP contribution in [-0.4, -0.2) is 41.4 Å². The third-order valence-corrected chi connectivity index (χ3v) is 9.17. The molecule has 5 aliphatic rings. The Morgan fingerprint density at radius 3 is 2.38 bits per heavy atom. The van der Waals surface area contributed by atoms with Crippen molar-refractivity contribution in [1.82, 2.24) is 10.2 Å². The largest absolute Gasteiger partial charge is 0.464 e. The first-order chi connectivity index (χ1) is 17.6. The zero-order valence-electron chi connectivity index (χ0n) is 21.8. The monoisotopic (exact) mass is 516 g/mol. The average molecular weight is 517 g/mol. The molecule has 0 aromatic heterocycles. The molecule has 1 saturated heterocycles. The molecule has 37 heavy (non-hydrogen) atoms. The molecule has 2 atom stereocenters. The van der Waals surface area contributed by atoms with Crippen LogP contribution in [0.4, 0.5) is 8.78 Å². The summed E-state index contributed by atoms with van der Waals surface area (Å²) in [6.07, 6.45) is 8.09. The lowest BCUT2D eigenvalue weighted by atomic mass is 9.50. The Labute approximate surface area is 217 Å². The molecule has 1 aromatic rings. The normalized spacial score (nSPS) is 31.2. The molecular formula is C29H38F2N2O4. The predicted molar refractivity (Wildman–Crippen MR) is 133 cm³/mol. The number of hydrogen-bond acceptors (Lipinski definition) is 4. The van der Waals surface area contributed by atoms with Crippen LogP contribution < -0.4 is 5.32 Å². The molecule has 4 saturated carbocycles. The Morgan fingerprint density at radius 1 is 1.11 bits per heavy atom. The van der Waals surface area contributed by atoms with Crippen molar-refractivity contribution in [2.45, 2.75) is 90.3 Å². The number of hydrogen-bond donors (Lipinski definition) is 1. The van der Waals surface area contributed by atoms with Gasteiger partial charge in [-0.3, -0.25) is 9.59 Å². The van der Waals surface area contributed by atoms with Gasteiger partial charge in [0.1, 0.15) is 6.04 Å². The molecule has 4 aliphatic carbocycles. The predicted octanol–water partition coefficient (Wildman–Crippen LogP) is 4.75. The van der Waals surface area contributed by atoms with E-state index >= 15 is 0 Å². The SMILES string of the molecule is CC(C)[C@H](NC(=O)C[C@@H]1CCC(=O)N1Cc1cccc(F)c1F)C(=O)OCC12CC3CC(CC(C3)C1)C2. The van der Waals surface area contributed by atoms with Gasteiger partial charge < -0.3 is 15.0 Å². The van der Waals surface area contributed by atoms with Crippen LogP contribution in [-0.2, 0) is 25.7 Å². The number of nitrogens with zero attached hydrogens (tertiary/aromatic N) is 1. The second kappa shape index (κ2) is 10.3. The van der Waals surface area contributed by atoms with Crippen molar-refractivity contribution in [1.29, 1.82) is 0 Å². The van der Waals surface area contributed by atoms with Crippen LogP contribution in [0, 0.1) is 40.7 Å². The molecule has 1 N–H and O–H groups in total. The smallest absolute Gasteiger partial charge is 0.328 e. The van der Waals surface area contributed by atoms with E-state index in [1.54, 1.807) is 0 Å². The fourth-order valence-corrected chi connectivity index (χ4v) is 7.80. The topological polar surface area (TPSA) is 75.7 Å². The van der Waals surface area contributed by atoms with E-state index in [2.05, 4.69) is 5.32 Å². The van der Waals surface area contributed by atoms with Gasteiger partial charge in [-0.2, -0.15) is 0 Å². The van der Waals surface area contributed by atoms with Gasteiger partial charge in [-0.1, -0.05) is 26.0 Å². The number of likely N-dealkylation sites (tertiary alicyclic amines) is 1. The molecule has 4 bridgehead atoms. The molecule has 1 aliphatic heterocycles. The van der Waals surface area contributed by atoms with E-state index in [0.29, 0.717) is 13.0 Å². The van der Waals surface area contributed by atoms with E-state index < -0.39 is 29.7 Å². The fraction of sp³-hybridized carbons (Fsp3) is 0.690. The molecule has 6 nitrogen and oxygen atoms in total. The summed E-state index contributed by atoms with van der Waals surface area (Å²) in [7, 11) is 0. The van der Waals surface area contributed by atoms with Crippen molar-refractivity contribution in [2.75, 3.05) is 6.61 Å². The van der Waals surface area contributed by atoms with Gasteiger partial charge in [0.2, 0.25) is 11.8 Å². The molecule has 5 fully saturated rings. The minimum Gasteiger partial charge on any atom is -0.464 e. The highest BCUT2D eigenvalue weighted by Gasteiger charge is 2.51. The zero-order valence-corrected chi connectivity index (χ0v) is 21.8. The molecule has 202 valence electrons. The van der Waals surface area contributed by atoms with E-state index in [1.807, 2.05) is 13.8 Å². The number of carbonyl (C=O) groups is 3. The molecule has 6 rings (SSSR count). The molecule has 1 aromatic carbocycles. The van der Waals surface area contributed by atoms with Crippen LogP contribution in [0.15, 0.2) is 18.2 Å². The standard InChI is InChI=1S/C29H38F2N2O4/c1-17(2)27(28(36)37-16-29-12-18-8-19(13-29)10-20(9-18)14-29)32-24(34)11-22-6-7-25(35)33(22)15-21-4-3-5-23(30)26(21)31/h3-5,17-20,22,27H,6-16H2,1-2H3,(H,32,34)/t18?,19?,20?,22-,27-,29?/m0/s1. The molecule has 0 unspecified atom stereocenters. The van der Waals surface area contributed by atoms with E-state index in [4.69, 9.17) is 4.74 Å². The maximum absolute atomic E-state index is 14.2. The van der Waals surface area contributed by atoms with Crippen molar-refractivity contribution in [2.24, 2.45) is 29.1 Å². The van der Waals surface area contributed by atoms with Crippen molar-refractivity contribution in [3.8, 4) is 0 Å². The van der Waals surface area contributed by atoms with E-state index in [9.17, 15) is 23.2 Å². The number of benzene rings is 1. The van der Waals surface area contributed by atoms with Crippen molar-refractivity contribution in [3.05, 3.63) is 35.4 Å². The second-order valence-corrected chi connectivity index (χ2v) is 12.4. The first-order valence-electron chi connectivity index (χ1n) is 13.8. The summed E-state index contributed by atoms with van der Waals surface area (Å²) in [4.78, 5) is 40.0. The number of halogens is 2. The highest BCUT2D eigenvalue weighted by atomic mass is 19.2. The van der Waals surface area contributed by atoms with Gasteiger partial charge in [0.05, 0.1) is 6.61 Å². The molecular weight excluding hydrogens is 478 g/mol. The zero-order chi connectivity index (χ0) is 26.3. The molecule has 8 heteroatoms. The maximum Gasteiger partial charge on any atom is 0.328 e.